The SMILES string of the molecule is CC(=O)N(c1ccccc1F)[C@@H](Cc1ccc(F)cc1)C(=O)N[C@@H](Cc1ccc(N=C(N)N)cc1)C(=O)N[C@@H](CC(C)C)C(=O)N[C@@H](CCCN=C(N)N)C(N)=O. The standard InChI is InChI=1S/C39H51F2N11O5/c1-22(2)19-30(35(55)49-29(34(42)54)8-6-18-47-38(43)44)50-36(56)31(20-24-12-16-27(17-13-24)48-39(45)46)51-37(57)33(21-25-10-14-26(40)15-11-25)52(23(3)53)32-9-5-4-7-28(32)41/h4-5,7,9-17,22,29-31,33H,6,8,18-21H2,1-3H3,(H2,42,54)(H,49,55)(H,50,56)(H,51,57)(H4,43,44,47)(H4,45,46,48)/t29-,30-,31-,33-/m0/s1. The van der Waals surface area contributed by atoms with Crippen LogP contribution in [0.15, 0.2) is 82.8 Å². The second-order valence-electron chi connectivity index (χ2n) is 13.8. The van der Waals surface area contributed by atoms with Gasteiger partial charge in [-0.1, -0.05) is 50.2 Å². The van der Waals surface area contributed by atoms with Crippen molar-refractivity contribution in [3.8, 4) is 0 Å². The third kappa shape index (κ3) is 14.5. The lowest BCUT2D eigenvalue weighted by Gasteiger charge is -2.32. The molecular weight excluding hydrogens is 740 g/mol. The Labute approximate surface area is 329 Å². The fraction of sp³-hybridized carbons (Fsp3) is 0.359. The number of para-hydroxylation sites is 1. The van der Waals surface area contributed by atoms with E-state index in [0.717, 1.165) is 17.9 Å². The molecule has 13 N–H and O–H groups in total. The Hall–Kier alpha value is -6.59. The second kappa shape index (κ2) is 21.5. The predicted molar refractivity (Wildman–Crippen MR) is 213 cm³/mol. The Kier molecular flexibility index (Phi) is 16.9. The number of guanidine groups is 2. The van der Waals surface area contributed by atoms with E-state index in [9.17, 15) is 28.4 Å². The average Bonchev–Trinajstić information content (AvgIpc) is 3.13. The van der Waals surface area contributed by atoms with Crippen molar-refractivity contribution in [2.24, 2.45) is 44.6 Å². The van der Waals surface area contributed by atoms with E-state index in [4.69, 9.17) is 28.7 Å². The first-order valence-corrected chi connectivity index (χ1v) is 18.2. The predicted octanol–water partition coefficient (Wildman–Crippen LogP) is 1.12. The maximum Gasteiger partial charge on any atom is 0.244 e. The lowest BCUT2D eigenvalue weighted by atomic mass is 9.99. The number of benzene rings is 3. The summed E-state index contributed by atoms with van der Waals surface area (Å²) in [5.41, 5.74) is 28.5. The Morgan fingerprint density at radius 1 is 0.702 bits per heavy atom. The molecule has 0 saturated carbocycles. The summed E-state index contributed by atoms with van der Waals surface area (Å²) in [6.45, 7) is 4.99. The van der Waals surface area contributed by atoms with Crippen LogP contribution in [0.5, 0.6) is 0 Å². The van der Waals surface area contributed by atoms with Crippen molar-refractivity contribution in [3.05, 3.63) is 95.6 Å². The van der Waals surface area contributed by atoms with Crippen LogP contribution in [-0.2, 0) is 36.8 Å². The summed E-state index contributed by atoms with van der Waals surface area (Å²) in [7, 11) is 0. The summed E-state index contributed by atoms with van der Waals surface area (Å²) >= 11 is 0. The second-order valence-corrected chi connectivity index (χ2v) is 13.8. The number of halogens is 2. The Morgan fingerprint density at radius 3 is 1.82 bits per heavy atom. The van der Waals surface area contributed by atoms with E-state index in [1.165, 1.54) is 42.5 Å². The quantitative estimate of drug-likeness (QED) is 0.0462. The van der Waals surface area contributed by atoms with Crippen LogP contribution in [0.1, 0.15) is 51.2 Å². The number of rotatable bonds is 20. The van der Waals surface area contributed by atoms with Crippen LogP contribution in [0, 0.1) is 17.6 Å². The molecule has 3 aromatic rings. The van der Waals surface area contributed by atoms with Crippen molar-refractivity contribution >= 4 is 52.8 Å². The van der Waals surface area contributed by atoms with E-state index in [0.29, 0.717) is 23.2 Å². The summed E-state index contributed by atoms with van der Waals surface area (Å²) in [6, 6.07) is 11.9. The Morgan fingerprint density at radius 2 is 1.26 bits per heavy atom. The highest BCUT2D eigenvalue weighted by atomic mass is 19.1. The van der Waals surface area contributed by atoms with Crippen molar-refractivity contribution in [2.75, 3.05) is 11.4 Å². The molecule has 0 heterocycles. The van der Waals surface area contributed by atoms with Gasteiger partial charge in [0.15, 0.2) is 11.9 Å². The fourth-order valence-corrected chi connectivity index (χ4v) is 5.95. The Balaban J connectivity index is 2.02. The molecule has 0 radical (unpaired) electrons. The molecule has 3 rings (SSSR count). The van der Waals surface area contributed by atoms with E-state index in [1.807, 2.05) is 13.8 Å². The molecule has 0 fully saturated rings. The number of nitrogens with zero attached hydrogens (tertiary/aromatic N) is 3. The molecule has 0 unspecified atom stereocenters. The van der Waals surface area contributed by atoms with E-state index in [1.54, 1.807) is 24.3 Å². The normalized spacial score (nSPS) is 12.9. The van der Waals surface area contributed by atoms with Gasteiger partial charge in [-0.25, -0.2) is 13.8 Å². The molecule has 306 valence electrons. The van der Waals surface area contributed by atoms with Gasteiger partial charge in [-0.05, 0) is 72.7 Å². The molecule has 3 aromatic carbocycles. The number of anilines is 1. The average molecular weight is 792 g/mol. The van der Waals surface area contributed by atoms with Crippen LogP contribution >= 0.6 is 0 Å². The number of amides is 5. The number of carbonyl (C=O) groups is 5. The highest BCUT2D eigenvalue weighted by molar-refractivity contribution is 6.01. The summed E-state index contributed by atoms with van der Waals surface area (Å²) in [5, 5.41) is 8.04. The van der Waals surface area contributed by atoms with Crippen molar-refractivity contribution in [2.45, 2.75) is 77.0 Å². The van der Waals surface area contributed by atoms with Gasteiger partial charge in [-0.3, -0.25) is 33.9 Å². The molecule has 4 atom stereocenters. The summed E-state index contributed by atoms with van der Waals surface area (Å²) in [4.78, 5) is 76.7. The largest absolute Gasteiger partial charge is 0.370 e. The molecule has 18 heteroatoms. The zero-order chi connectivity index (χ0) is 42.2. The number of primary amides is 1. The van der Waals surface area contributed by atoms with Gasteiger partial charge < -0.3 is 44.6 Å². The van der Waals surface area contributed by atoms with E-state index >= 15 is 4.39 Å². The van der Waals surface area contributed by atoms with Crippen LogP contribution in [0.25, 0.3) is 0 Å². The van der Waals surface area contributed by atoms with E-state index in [-0.39, 0.29) is 55.8 Å². The van der Waals surface area contributed by atoms with Crippen LogP contribution in [0.3, 0.4) is 0 Å². The number of nitrogens with two attached hydrogens (primary N) is 5. The maximum absolute atomic E-state index is 15.2. The minimum atomic E-state index is -1.44. The van der Waals surface area contributed by atoms with E-state index < -0.39 is 65.3 Å². The van der Waals surface area contributed by atoms with Crippen molar-refractivity contribution in [3.63, 3.8) is 0 Å². The number of carbonyl (C=O) groups excluding carboxylic acids is 5. The van der Waals surface area contributed by atoms with E-state index in [2.05, 4.69) is 25.9 Å². The molecule has 0 aliphatic carbocycles. The fourth-order valence-electron chi connectivity index (χ4n) is 5.95. The van der Waals surface area contributed by atoms with Gasteiger partial charge in [0.25, 0.3) is 0 Å². The van der Waals surface area contributed by atoms with Gasteiger partial charge >= 0.3 is 0 Å². The first-order valence-electron chi connectivity index (χ1n) is 18.2. The molecule has 0 aromatic heterocycles. The van der Waals surface area contributed by atoms with Crippen LogP contribution in [0.2, 0.25) is 0 Å². The zero-order valence-corrected chi connectivity index (χ0v) is 32.1. The Bertz CT molecular complexity index is 1920. The minimum absolute atomic E-state index is 0.110. The maximum atomic E-state index is 15.2. The topological polar surface area (TPSA) is 280 Å². The lowest BCUT2D eigenvalue weighted by Crippen LogP contribution is -2.59. The number of hydrogen-bond acceptors (Lipinski definition) is 7. The molecular formula is C39H51F2N11O5. The van der Waals surface area contributed by atoms with Crippen molar-refractivity contribution < 1.29 is 32.8 Å². The monoisotopic (exact) mass is 791 g/mol. The van der Waals surface area contributed by atoms with Crippen LogP contribution in [-0.4, -0.2) is 72.2 Å². The third-order valence-corrected chi connectivity index (χ3v) is 8.62. The van der Waals surface area contributed by atoms with Gasteiger partial charge in [0.2, 0.25) is 29.5 Å². The van der Waals surface area contributed by atoms with Gasteiger partial charge in [0.05, 0.1) is 11.4 Å². The minimum Gasteiger partial charge on any atom is -0.370 e. The third-order valence-electron chi connectivity index (χ3n) is 8.62. The number of aliphatic imine (C=N–C) groups is 2. The van der Waals surface area contributed by atoms with Crippen LogP contribution in [0.4, 0.5) is 20.2 Å². The summed E-state index contributed by atoms with van der Waals surface area (Å²) in [5.74, 6) is -5.60. The van der Waals surface area contributed by atoms with Crippen LogP contribution < -0.4 is 49.5 Å². The van der Waals surface area contributed by atoms with Gasteiger partial charge in [-0.15, -0.1) is 0 Å². The molecule has 0 saturated heterocycles. The van der Waals surface area contributed by atoms with Gasteiger partial charge in [0.1, 0.15) is 35.8 Å². The zero-order valence-electron chi connectivity index (χ0n) is 32.1. The summed E-state index contributed by atoms with van der Waals surface area (Å²) in [6.07, 6.45) is 0.222. The van der Waals surface area contributed by atoms with Crippen molar-refractivity contribution in [1.82, 2.24) is 16.0 Å². The smallest absolute Gasteiger partial charge is 0.244 e. The van der Waals surface area contributed by atoms with Crippen molar-refractivity contribution in [1.29, 1.82) is 0 Å². The highest BCUT2D eigenvalue weighted by Gasteiger charge is 2.35. The van der Waals surface area contributed by atoms with Gasteiger partial charge in [-0.2, -0.15) is 0 Å². The molecule has 16 nitrogen and oxygen atoms in total. The molecule has 0 aliphatic heterocycles. The molecule has 0 spiro atoms. The van der Waals surface area contributed by atoms with Gasteiger partial charge in [0, 0.05) is 26.3 Å². The lowest BCUT2D eigenvalue weighted by molar-refractivity contribution is -0.134. The summed E-state index contributed by atoms with van der Waals surface area (Å²) < 4.78 is 29.1. The molecule has 0 bridgehead atoms. The highest BCUT2D eigenvalue weighted by Crippen LogP contribution is 2.24. The molecule has 0 aliphatic rings. The number of hydrogen-bond donors (Lipinski definition) is 8. The molecule has 57 heavy (non-hydrogen) atoms. The molecule has 5 amide bonds. The number of nitrogens with one attached hydrogen (secondary N) is 3. The first-order chi connectivity index (χ1) is 26.9. The first kappa shape index (κ1) is 44.8.